The lowest BCUT2D eigenvalue weighted by Crippen LogP contribution is -2.54. The van der Waals surface area contributed by atoms with Crippen molar-refractivity contribution in [2.45, 2.75) is 19.0 Å². The Labute approximate surface area is 178 Å². The van der Waals surface area contributed by atoms with Crippen LogP contribution >= 0.6 is 11.6 Å². The van der Waals surface area contributed by atoms with Crippen molar-refractivity contribution in [3.63, 3.8) is 0 Å². The van der Waals surface area contributed by atoms with Gasteiger partial charge < -0.3 is 11.1 Å². The van der Waals surface area contributed by atoms with Crippen LogP contribution in [0.2, 0.25) is 5.02 Å². The van der Waals surface area contributed by atoms with Crippen molar-refractivity contribution in [3.05, 3.63) is 64.7 Å². The van der Waals surface area contributed by atoms with E-state index in [0.717, 1.165) is 17.7 Å². The van der Waals surface area contributed by atoms with E-state index in [0.29, 0.717) is 31.2 Å². The van der Waals surface area contributed by atoms with Gasteiger partial charge in [0.15, 0.2) is 11.6 Å². The minimum atomic E-state index is -1.02. The number of piperazine rings is 1. The van der Waals surface area contributed by atoms with E-state index in [1.54, 1.807) is 31.2 Å². The fourth-order valence-electron chi connectivity index (χ4n) is 3.57. The summed E-state index contributed by atoms with van der Waals surface area (Å²) in [6.45, 7) is 3.92. The normalized spacial score (nSPS) is 17.3. The maximum absolute atomic E-state index is 13.3. The SMILES string of the molecule is C[C@@H](C(=O)Nc1ccc(F)c(F)c1)N1CCN([C@H](C(N)=O)c2ccc(Cl)cc2)CC1. The van der Waals surface area contributed by atoms with E-state index in [1.807, 2.05) is 9.80 Å². The van der Waals surface area contributed by atoms with Crippen LogP contribution < -0.4 is 11.1 Å². The smallest absolute Gasteiger partial charge is 0.241 e. The molecule has 2 atom stereocenters. The third-order valence-corrected chi connectivity index (χ3v) is 5.54. The third-order valence-electron chi connectivity index (χ3n) is 5.28. The zero-order valence-corrected chi connectivity index (χ0v) is 17.2. The van der Waals surface area contributed by atoms with Crippen molar-refractivity contribution in [1.29, 1.82) is 0 Å². The van der Waals surface area contributed by atoms with Crippen LogP contribution in [-0.2, 0) is 9.59 Å². The molecule has 2 aromatic rings. The molecule has 2 aromatic carbocycles. The highest BCUT2D eigenvalue weighted by atomic mass is 35.5. The highest BCUT2D eigenvalue weighted by molar-refractivity contribution is 6.30. The van der Waals surface area contributed by atoms with Crippen LogP contribution in [0.3, 0.4) is 0 Å². The van der Waals surface area contributed by atoms with Crippen LogP contribution in [0.5, 0.6) is 0 Å². The maximum atomic E-state index is 13.3. The topological polar surface area (TPSA) is 78.7 Å². The molecule has 1 saturated heterocycles. The van der Waals surface area contributed by atoms with Gasteiger partial charge in [0.25, 0.3) is 0 Å². The molecular weight excluding hydrogens is 414 g/mol. The first-order valence-corrected chi connectivity index (χ1v) is 9.93. The molecule has 0 spiro atoms. The van der Waals surface area contributed by atoms with Gasteiger partial charge in [0.1, 0.15) is 6.04 Å². The van der Waals surface area contributed by atoms with Crippen molar-refractivity contribution >= 4 is 29.1 Å². The summed E-state index contributed by atoms with van der Waals surface area (Å²) in [6.07, 6.45) is 0. The van der Waals surface area contributed by atoms with Gasteiger partial charge in [-0.1, -0.05) is 23.7 Å². The number of nitrogens with zero attached hydrogens (tertiary/aromatic N) is 2. The van der Waals surface area contributed by atoms with Gasteiger partial charge in [-0.2, -0.15) is 0 Å². The van der Waals surface area contributed by atoms with Gasteiger partial charge in [0.2, 0.25) is 11.8 Å². The molecule has 0 unspecified atom stereocenters. The Balaban J connectivity index is 1.60. The first kappa shape index (κ1) is 22.1. The van der Waals surface area contributed by atoms with Crippen molar-refractivity contribution in [3.8, 4) is 0 Å². The average molecular weight is 437 g/mol. The highest BCUT2D eigenvalue weighted by Gasteiger charge is 2.32. The summed E-state index contributed by atoms with van der Waals surface area (Å²) in [4.78, 5) is 28.5. The van der Waals surface area contributed by atoms with Crippen molar-refractivity contribution < 1.29 is 18.4 Å². The minimum absolute atomic E-state index is 0.195. The number of nitrogens with one attached hydrogen (secondary N) is 1. The number of anilines is 1. The summed E-state index contributed by atoms with van der Waals surface area (Å²) in [6, 6.07) is 9.16. The Kier molecular flexibility index (Phi) is 7.02. The van der Waals surface area contributed by atoms with Gasteiger partial charge in [-0.05, 0) is 36.8 Å². The second-order valence-corrected chi connectivity index (χ2v) is 7.66. The summed E-state index contributed by atoms with van der Waals surface area (Å²) in [5.41, 5.74) is 6.60. The second kappa shape index (κ2) is 9.51. The number of carbonyl (C=O) groups is 2. The van der Waals surface area contributed by atoms with Crippen LogP contribution in [0.4, 0.5) is 14.5 Å². The molecule has 3 rings (SSSR count). The fraction of sp³-hybridized carbons (Fsp3) is 0.333. The zero-order valence-electron chi connectivity index (χ0n) is 16.4. The number of benzene rings is 2. The molecule has 1 aliphatic heterocycles. The first-order chi connectivity index (χ1) is 14.3. The highest BCUT2D eigenvalue weighted by Crippen LogP contribution is 2.24. The lowest BCUT2D eigenvalue weighted by molar-refractivity contribution is -0.126. The molecule has 1 heterocycles. The van der Waals surface area contributed by atoms with E-state index in [1.165, 1.54) is 6.07 Å². The van der Waals surface area contributed by atoms with Gasteiger partial charge in [-0.3, -0.25) is 19.4 Å². The van der Waals surface area contributed by atoms with Gasteiger partial charge in [-0.15, -0.1) is 0 Å². The number of hydrogen-bond donors (Lipinski definition) is 2. The number of halogens is 3. The monoisotopic (exact) mass is 436 g/mol. The van der Waals surface area contributed by atoms with Gasteiger partial charge >= 0.3 is 0 Å². The number of primary amides is 1. The quantitative estimate of drug-likeness (QED) is 0.730. The van der Waals surface area contributed by atoms with E-state index < -0.39 is 29.6 Å². The molecule has 0 bridgehead atoms. The number of hydrogen-bond acceptors (Lipinski definition) is 4. The number of carbonyl (C=O) groups excluding carboxylic acids is 2. The molecule has 6 nitrogen and oxygen atoms in total. The molecule has 2 amide bonds. The Hall–Kier alpha value is -2.55. The Morgan fingerprint density at radius 3 is 2.17 bits per heavy atom. The minimum Gasteiger partial charge on any atom is -0.368 e. The Bertz CT molecular complexity index is 918. The van der Waals surface area contributed by atoms with Crippen molar-refractivity contribution in [1.82, 2.24) is 9.80 Å². The van der Waals surface area contributed by atoms with Crippen LogP contribution in [0.15, 0.2) is 42.5 Å². The second-order valence-electron chi connectivity index (χ2n) is 7.22. The Morgan fingerprint density at radius 1 is 1.00 bits per heavy atom. The summed E-state index contributed by atoms with van der Waals surface area (Å²) in [7, 11) is 0. The molecular formula is C21H23ClF2N4O2. The fourth-order valence-corrected chi connectivity index (χ4v) is 3.70. The van der Waals surface area contributed by atoms with E-state index in [9.17, 15) is 18.4 Å². The summed E-state index contributed by atoms with van der Waals surface area (Å²) in [5.74, 6) is -2.76. The van der Waals surface area contributed by atoms with Crippen molar-refractivity contribution in [2.24, 2.45) is 5.73 Å². The molecule has 9 heteroatoms. The predicted octanol–water partition coefficient (Wildman–Crippen LogP) is 2.79. The van der Waals surface area contributed by atoms with Crippen LogP contribution in [0, 0.1) is 11.6 Å². The van der Waals surface area contributed by atoms with Gasteiger partial charge in [-0.25, -0.2) is 8.78 Å². The van der Waals surface area contributed by atoms with Crippen LogP contribution in [-0.4, -0.2) is 53.8 Å². The number of amides is 2. The molecule has 3 N–H and O–H groups in total. The van der Waals surface area contributed by atoms with Crippen molar-refractivity contribution in [2.75, 3.05) is 31.5 Å². The predicted molar refractivity (Wildman–Crippen MR) is 111 cm³/mol. The molecule has 1 fully saturated rings. The molecule has 0 aromatic heterocycles. The lowest BCUT2D eigenvalue weighted by atomic mass is 10.0. The lowest BCUT2D eigenvalue weighted by Gasteiger charge is -2.40. The molecule has 0 radical (unpaired) electrons. The van der Waals surface area contributed by atoms with Crippen LogP contribution in [0.25, 0.3) is 0 Å². The number of rotatable bonds is 6. The largest absolute Gasteiger partial charge is 0.368 e. The third kappa shape index (κ3) is 5.13. The molecule has 0 aliphatic carbocycles. The van der Waals surface area contributed by atoms with E-state index in [-0.39, 0.29) is 11.6 Å². The number of nitrogens with two attached hydrogens (primary N) is 1. The standard InChI is InChI=1S/C21H23ClF2N4O2/c1-13(21(30)26-16-6-7-17(23)18(24)12-16)27-8-10-28(11-9-27)19(20(25)29)14-2-4-15(22)5-3-14/h2-7,12-13,19H,8-11H2,1H3,(H2,25,29)(H,26,30)/t13-,19-/m0/s1. The summed E-state index contributed by atoms with van der Waals surface area (Å²) in [5, 5.41) is 3.18. The first-order valence-electron chi connectivity index (χ1n) is 9.55. The average Bonchev–Trinajstić information content (AvgIpc) is 2.72. The Morgan fingerprint density at radius 2 is 1.60 bits per heavy atom. The van der Waals surface area contributed by atoms with E-state index in [4.69, 9.17) is 17.3 Å². The molecule has 1 aliphatic rings. The molecule has 160 valence electrons. The van der Waals surface area contributed by atoms with Gasteiger partial charge in [0, 0.05) is 43.0 Å². The molecule has 0 saturated carbocycles. The summed E-state index contributed by atoms with van der Waals surface area (Å²) < 4.78 is 26.4. The van der Waals surface area contributed by atoms with Crippen LogP contribution in [0.1, 0.15) is 18.5 Å². The van der Waals surface area contributed by atoms with Gasteiger partial charge in [0.05, 0.1) is 6.04 Å². The molecule has 30 heavy (non-hydrogen) atoms. The van der Waals surface area contributed by atoms with E-state index >= 15 is 0 Å². The zero-order chi connectivity index (χ0) is 21.8. The van der Waals surface area contributed by atoms with E-state index in [2.05, 4.69) is 5.32 Å². The maximum Gasteiger partial charge on any atom is 0.241 e. The summed E-state index contributed by atoms with van der Waals surface area (Å²) >= 11 is 5.93.